The molecule has 0 N–H and O–H groups in total. The summed E-state index contributed by atoms with van der Waals surface area (Å²) in [7, 11) is 0. The fourth-order valence-corrected chi connectivity index (χ4v) is 3.01. The summed E-state index contributed by atoms with van der Waals surface area (Å²) in [5.41, 5.74) is 4.50. The third-order valence-corrected chi connectivity index (χ3v) is 4.08. The number of hydrogen-bond donors (Lipinski definition) is 0. The van der Waals surface area contributed by atoms with E-state index in [9.17, 15) is 4.79 Å². The van der Waals surface area contributed by atoms with Crippen molar-refractivity contribution in [2.45, 2.75) is 19.8 Å². The number of aromatic nitrogens is 1. The molecule has 0 bridgehead atoms. The van der Waals surface area contributed by atoms with Crippen LogP contribution in [0.15, 0.2) is 46.9 Å². The fraction of sp³-hybridized carbons (Fsp3) is 0.222. The molecule has 4 nitrogen and oxygen atoms in total. The molecule has 0 aliphatic carbocycles. The zero-order chi connectivity index (χ0) is 15.1. The van der Waals surface area contributed by atoms with Gasteiger partial charge in [0.2, 0.25) is 0 Å². The Kier molecular flexibility index (Phi) is 2.96. The number of amides is 1. The number of nitrogens with zero attached hydrogens (tertiary/aromatic N) is 2. The maximum absolute atomic E-state index is 12.8. The molecule has 110 valence electrons. The largest absolute Gasteiger partial charge is 0.449 e. The van der Waals surface area contributed by atoms with Gasteiger partial charge < -0.3 is 9.32 Å². The van der Waals surface area contributed by atoms with E-state index in [0.717, 1.165) is 36.3 Å². The van der Waals surface area contributed by atoms with E-state index in [1.807, 2.05) is 42.2 Å². The van der Waals surface area contributed by atoms with Crippen molar-refractivity contribution in [3.05, 3.63) is 59.5 Å². The molecule has 0 saturated heterocycles. The number of carbonyl (C=O) groups is 1. The number of aryl methyl sites for hydroxylation is 2. The van der Waals surface area contributed by atoms with E-state index in [1.165, 1.54) is 5.56 Å². The van der Waals surface area contributed by atoms with E-state index in [4.69, 9.17) is 4.42 Å². The predicted molar refractivity (Wildman–Crippen MR) is 85.2 cm³/mol. The molecule has 0 fully saturated rings. The van der Waals surface area contributed by atoms with Gasteiger partial charge in [0.05, 0.1) is 0 Å². The summed E-state index contributed by atoms with van der Waals surface area (Å²) in [5.74, 6) is 0.257. The number of para-hydroxylation sites is 1. The average molecular weight is 292 g/mol. The summed E-state index contributed by atoms with van der Waals surface area (Å²) in [6.45, 7) is 2.65. The van der Waals surface area contributed by atoms with Crippen LogP contribution < -0.4 is 4.90 Å². The van der Waals surface area contributed by atoms with E-state index in [-0.39, 0.29) is 5.91 Å². The monoisotopic (exact) mass is 292 g/mol. The maximum atomic E-state index is 12.8. The summed E-state index contributed by atoms with van der Waals surface area (Å²) in [4.78, 5) is 19.0. The first-order valence-electron chi connectivity index (χ1n) is 7.49. The SMILES string of the molecule is Cc1ccc2oc(C(=O)N3CCCc4ccccc43)cc2n1. The molecular formula is C18H16N2O2. The highest BCUT2D eigenvalue weighted by atomic mass is 16.3. The van der Waals surface area contributed by atoms with Gasteiger partial charge in [-0.2, -0.15) is 0 Å². The number of fused-ring (bicyclic) bond motifs is 2. The third kappa shape index (κ3) is 2.08. The normalized spacial score (nSPS) is 14.1. The molecule has 4 rings (SSSR count). The number of hydrogen-bond acceptors (Lipinski definition) is 3. The molecule has 0 spiro atoms. The lowest BCUT2D eigenvalue weighted by Gasteiger charge is -2.28. The summed E-state index contributed by atoms with van der Waals surface area (Å²) in [5, 5.41) is 0. The van der Waals surface area contributed by atoms with Crippen molar-refractivity contribution < 1.29 is 9.21 Å². The zero-order valence-corrected chi connectivity index (χ0v) is 12.4. The summed E-state index contributed by atoms with van der Waals surface area (Å²) in [6, 6.07) is 13.5. The zero-order valence-electron chi connectivity index (χ0n) is 12.4. The Balaban J connectivity index is 1.75. The second-order valence-electron chi connectivity index (χ2n) is 5.64. The molecule has 3 aromatic rings. The van der Waals surface area contributed by atoms with E-state index in [2.05, 4.69) is 11.1 Å². The minimum atomic E-state index is -0.0946. The molecule has 1 aromatic carbocycles. The van der Waals surface area contributed by atoms with Gasteiger partial charge >= 0.3 is 0 Å². The Morgan fingerprint density at radius 2 is 2.09 bits per heavy atom. The molecule has 3 heterocycles. The standard InChI is InChI=1S/C18H16N2O2/c1-12-8-9-16-14(19-12)11-17(22-16)18(21)20-10-4-6-13-5-2-3-7-15(13)20/h2-3,5,7-9,11H,4,6,10H2,1H3. The number of benzene rings is 1. The Morgan fingerprint density at radius 3 is 3.00 bits per heavy atom. The Morgan fingerprint density at radius 1 is 1.23 bits per heavy atom. The first-order chi connectivity index (χ1) is 10.7. The molecule has 0 atom stereocenters. The van der Waals surface area contributed by atoms with Crippen LogP contribution in [-0.4, -0.2) is 17.4 Å². The lowest BCUT2D eigenvalue weighted by molar-refractivity contribution is 0.0960. The highest BCUT2D eigenvalue weighted by molar-refractivity contribution is 6.06. The Bertz CT molecular complexity index is 866. The van der Waals surface area contributed by atoms with E-state index < -0.39 is 0 Å². The molecule has 0 saturated carbocycles. The minimum Gasteiger partial charge on any atom is -0.449 e. The average Bonchev–Trinajstić information content (AvgIpc) is 2.96. The van der Waals surface area contributed by atoms with Gasteiger partial charge in [0, 0.05) is 24.0 Å². The van der Waals surface area contributed by atoms with Gasteiger partial charge in [-0.25, -0.2) is 4.98 Å². The topological polar surface area (TPSA) is 46.3 Å². The molecule has 0 radical (unpaired) electrons. The van der Waals surface area contributed by atoms with Crippen molar-refractivity contribution in [1.82, 2.24) is 4.98 Å². The molecule has 1 aliphatic heterocycles. The van der Waals surface area contributed by atoms with Gasteiger partial charge in [-0.05, 0) is 43.5 Å². The Labute approximate surface area is 128 Å². The van der Waals surface area contributed by atoms with E-state index >= 15 is 0 Å². The maximum Gasteiger partial charge on any atom is 0.294 e. The van der Waals surface area contributed by atoms with Crippen molar-refractivity contribution in [3.8, 4) is 0 Å². The summed E-state index contributed by atoms with van der Waals surface area (Å²) < 4.78 is 5.70. The van der Waals surface area contributed by atoms with Gasteiger partial charge in [-0.1, -0.05) is 18.2 Å². The second-order valence-corrected chi connectivity index (χ2v) is 5.64. The molecule has 0 unspecified atom stereocenters. The predicted octanol–water partition coefficient (Wildman–Crippen LogP) is 3.73. The summed E-state index contributed by atoms with van der Waals surface area (Å²) >= 11 is 0. The third-order valence-electron chi connectivity index (χ3n) is 4.08. The fourth-order valence-electron chi connectivity index (χ4n) is 3.01. The van der Waals surface area contributed by atoms with E-state index in [1.54, 1.807) is 6.07 Å². The molecule has 2 aromatic heterocycles. The quantitative estimate of drug-likeness (QED) is 0.686. The smallest absolute Gasteiger partial charge is 0.294 e. The van der Waals surface area contributed by atoms with Crippen LogP contribution in [0, 0.1) is 6.92 Å². The molecule has 1 amide bonds. The lowest BCUT2D eigenvalue weighted by atomic mass is 10.0. The van der Waals surface area contributed by atoms with Gasteiger partial charge in [0.1, 0.15) is 5.52 Å². The van der Waals surface area contributed by atoms with Gasteiger partial charge in [0.25, 0.3) is 5.91 Å². The Hall–Kier alpha value is -2.62. The van der Waals surface area contributed by atoms with Crippen LogP contribution in [0.4, 0.5) is 5.69 Å². The lowest BCUT2D eigenvalue weighted by Crippen LogP contribution is -2.35. The van der Waals surface area contributed by atoms with Crippen molar-refractivity contribution in [1.29, 1.82) is 0 Å². The molecular weight excluding hydrogens is 276 g/mol. The number of pyridine rings is 1. The van der Waals surface area contributed by atoms with Crippen LogP contribution in [0.5, 0.6) is 0 Å². The van der Waals surface area contributed by atoms with Crippen LogP contribution in [0.1, 0.15) is 28.2 Å². The van der Waals surface area contributed by atoms with Gasteiger partial charge in [0.15, 0.2) is 11.3 Å². The highest BCUT2D eigenvalue weighted by Crippen LogP contribution is 2.29. The minimum absolute atomic E-state index is 0.0946. The highest BCUT2D eigenvalue weighted by Gasteiger charge is 2.25. The van der Waals surface area contributed by atoms with Gasteiger partial charge in [-0.3, -0.25) is 4.79 Å². The molecule has 4 heteroatoms. The van der Waals surface area contributed by atoms with Crippen LogP contribution in [0.3, 0.4) is 0 Å². The van der Waals surface area contributed by atoms with Crippen LogP contribution >= 0.6 is 0 Å². The van der Waals surface area contributed by atoms with E-state index in [0.29, 0.717) is 11.3 Å². The number of anilines is 1. The van der Waals surface area contributed by atoms with Crippen LogP contribution in [0.25, 0.3) is 11.1 Å². The molecule has 1 aliphatic rings. The number of carbonyl (C=O) groups excluding carboxylic acids is 1. The van der Waals surface area contributed by atoms with Crippen molar-refractivity contribution in [3.63, 3.8) is 0 Å². The van der Waals surface area contributed by atoms with Crippen molar-refractivity contribution >= 4 is 22.7 Å². The number of furan rings is 1. The van der Waals surface area contributed by atoms with Gasteiger partial charge in [-0.15, -0.1) is 0 Å². The summed E-state index contributed by atoms with van der Waals surface area (Å²) in [6.07, 6.45) is 1.99. The first-order valence-corrected chi connectivity index (χ1v) is 7.49. The van der Waals surface area contributed by atoms with Crippen molar-refractivity contribution in [2.75, 3.05) is 11.4 Å². The van der Waals surface area contributed by atoms with Crippen molar-refractivity contribution in [2.24, 2.45) is 0 Å². The van der Waals surface area contributed by atoms with Crippen LogP contribution in [0.2, 0.25) is 0 Å². The van der Waals surface area contributed by atoms with Crippen LogP contribution in [-0.2, 0) is 6.42 Å². The molecule has 22 heavy (non-hydrogen) atoms. The first kappa shape index (κ1) is 13.1. The number of rotatable bonds is 1. The second kappa shape index (κ2) is 4.98.